The highest BCUT2D eigenvalue weighted by molar-refractivity contribution is 6.11. The molecule has 234 valence electrons. The Morgan fingerprint density at radius 1 is 0.933 bits per heavy atom. The van der Waals surface area contributed by atoms with Gasteiger partial charge in [0.25, 0.3) is 5.91 Å². The molecule has 8 rings (SSSR count). The number of carbonyl (C=O) groups excluding carboxylic acids is 2. The second-order valence-electron chi connectivity index (χ2n) is 13.2. The van der Waals surface area contributed by atoms with Crippen molar-refractivity contribution in [1.29, 1.82) is 0 Å². The van der Waals surface area contributed by atoms with Crippen LogP contribution >= 0.6 is 0 Å². The number of hydrogen-bond donors (Lipinski definition) is 1. The summed E-state index contributed by atoms with van der Waals surface area (Å²) in [6, 6.07) is 17.6. The van der Waals surface area contributed by atoms with Crippen molar-refractivity contribution in [3.63, 3.8) is 0 Å². The minimum atomic E-state index is -0.0329. The fourth-order valence-electron chi connectivity index (χ4n) is 8.04. The van der Waals surface area contributed by atoms with Crippen molar-refractivity contribution >= 4 is 33.5 Å². The molecular formula is C36H43N7O2. The number of benzene rings is 2. The Bertz CT molecular complexity index is 1870. The predicted molar refractivity (Wildman–Crippen MR) is 176 cm³/mol. The summed E-state index contributed by atoms with van der Waals surface area (Å²) >= 11 is 0. The van der Waals surface area contributed by atoms with E-state index in [0.717, 1.165) is 65.4 Å². The molecule has 1 N–H and O–H groups in total. The van der Waals surface area contributed by atoms with E-state index in [0.29, 0.717) is 17.8 Å². The number of rotatable bonds is 4. The van der Waals surface area contributed by atoms with Crippen LogP contribution in [0.25, 0.3) is 21.8 Å². The largest absolute Gasteiger partial charge is 0.348 e. The van der Waals surface area contributed by atoms with E-state index in [2.05, 4.69) is 55.7 Å². The summed E-state index contributed by atoms with van der Waals surface area (Å²) in [5.41, 5.74) is 4.82. The van der Waals surface area contributed by atoms with Crippen molar-refractivity contribution in [2.75, 3.05) is 7.05 Å². The molecule has 5 aromatic rings. The fourth-order valence-corrected chi connectivity index (χ4v) is 8.04. The van der Waals surface area contributed by atoms with Gasteiger partial charge in [0.05, 0.1) is 5.52 Å². The molecule has 0 radical (unpaired) electrons. The van der Waals surface area contributed by atoms with Gasteiger partial charge in [0.2, 0.25) is 0 Å². The van der Waals surface area contributed by atoms with Crippen molar-refractivity contribution in [1.82, 2.24) is 34.1 Å². The van der Waals surface area contributed by atoms with Gasteiger partial charge in [-0.15, -0.1) is 0 Å². The van der Waals surface area contributed by atoms with Crippen LogP contribution in [0.4, 0.5) is 0 Å². The summed E-state index contributed by atoms with van der Waals surface area (Å²) < 4.78 is 6.05. The van der Waals surface area contributed by atoms with Crippen molar-refractivity contribution in [2.24, 2.45) is 20.0 Å². The number of aryl methyl sites for hydroxylation is 3. The van der Waals surface area contributed by atoms with E-state index in [1.54, 1.807) is 10.9 Å². The van der Waals surface area contributed by atoms with Crippen LogP contribution in [0.15, 0.2) is 60.9 Å². The second-order valence-corrected chi connectivity index (χ2v) is 13.2. The topological polar surface area (TPSA) is 90.0 Å². The van der Waals surface area contributed by atoms with Crippen LogP contribution in [-0.2, 0) is 27.1 Å². The second kappa shape index (κ2) is 11.9. The summed E-state index contributed by atoms with van der Waals surface area (Å²) in [6.45, 7) is 2.71. The number of fused-ring (bicyclic) bond motifs is 6. The summed E-state index contributed by atoms with van der Waals surface area (Å²) in [4.78, 5) is 32.5. The van der Waals surface area contributed by atoms with Crippen LogP contribution in [0.5, 0.6) is 0 Å². The van der Waals surface area contributed by atoms with Crippen molar-refractivity contribution in [2.45, 2.75) is 76.5 Å². The third kappa shape index (κ3) is 5.37. The van der Waals surface area contributed by atoms with E-state index in [4.69, 9.17) is 0 Å². The lowest BCUT2D eigenvalue weighted by atomic mass is 9.82. The van der Waals surface area contributed by atoms with Crippen molar-refractivity contribution in [3.8, 4) is 0 Å². The summed E-state index contributed by atoms with van der Waals surface area (Å²) in [7, 11) is 6.19. The van der Waals surface area contributed by atoms with Crippen LogP contribution in [0.2, 0.25) is 0 Å². The third-order valence-corrected chi connectivity index (χ3v) is 10.6. The van der Waals surface area contributed by atoms with E-state index in [1.807, 2.05) is 56.6 Å². The van der Waals surface area contributed by atoms with E-state index in [1.165, 1.54) is 25.0 Å². The van der Waals surface area contributed by atoms with Gasteiger partial charge in [0, 0.05) is 84.6 Å². The van der Waals surface area contributed by atoms with Gasteiger partial charge in [0.1, 0.15) is 5.82 Å². The molecule has 9 heteroatoms. The van der Waals surface area contributed by atoms with Crippen LogP contribution in [-0.4, -0.2) is 65.7 Å². The van der Waals surface area contributed by atoms with Gasteiger partial charge < -0.3 is 19.4 Å². The Morgan fingerprint density at radius 2 is 1.62 bits per heavy atom. The van der Waals surface area contributed by atoms with Crippen LogP contribution in [0.3, 0.4) is 0 Å². The number of ketones is 1. The molecule has 2 fully saturated rings. The summed E-state index contributed by atoms with van der Waals surface area (Å²) in [5, 5.41) is 9.71. The quantitative estimate of drug-likeness (QED) is 0.295. The Kier molecular flexibility index (Phi) is 7.81. The number of piperidine rings is 2. The SMILES string of the molecule is CN1[C@@H]2CCC[C@H]1C[C@@H](NC(=O)c1nn(C)c3ccccc13)C2.Cc1nccn1CC1CCc2c(c3ccccc3n2C)C1=O. The normalized spacial score (nSPS) is 23.1. The average Bonchev–Trinajstić information content (AvgIpc) is 3.69. The van der Waals surface area contributed by atoms with Gasteiger partial charge in [-0.2, -0.15) is 5.10 Å². The highest BCUT2D eigenvalue weighted by atomic mass is 16.2. The Hall–Kier alpha value is -4.24. The van der Waals surface area contributed by atoms with E-state index in [-0.39, 0.29) is 23.7 Å². The lowest BCUT2D eigenvalue weighted by molar-refractivity contribution is 0.0462. The third-order valence-electron chi connectivity index (χ3n) is 10.6. The monoisotopic (exact) mass is 605 g/mol. The fraction of sp³-hybridized carbons (Fsp3) is 0.444. The molecule has 45 heavy (non-hydrogen) atoms. The highest BCUT2D eigenvalue weighted by Crippen LogP contribution is 2.35. The molecular weight excluding hydrogens is 562 g/mol. The molecule has 2 aliphatic heterocycles. The van der Waals surface area contributed by atoms with Gasteiger partial charge >= 0.3 is 0 Å². The van der Waals surface area contributed by atoms with E-state index < -0.39 is 0 Å². The van der Waals surface area contributed by atoms with Crippen LogP contribution < -0.4 is 5.32 Å². The van der Waals surface area contributed by atoms with E-state index in [9.17, 15) is 9.59 Å². The molecule has 1 unspecified atom stereocenters. The molecule has 5 heterocycles. The molecule has 3 aromatic heterocycles. The van der Waals surface area contributed by atoms with Gasteiger partial charge in [0.15, 0.2) is 11.5 Å². The maximum atomic E-state index is 13.0. The number of amides is 1. The molecule has 0 saturated carbocycles. The first-order valence-corrected chi connectivity index (χ1v) is 16.3. The number of nitrogens with one attached hydrogen (secondary N) is 1. The molecule has 2 aromatic carbocycles. The first-order chi connectivity index (χ1) is 21.8. The standard InChI is InChI=1S/C18H24N4O.C18H19N3O/c1-21-13-6-5-7-14(21)11-12(10-13)19-18(23)17-15-8-3-4-9-16(15)22(2)20-17;1-12-19-9-10-21(12)11-13-7-8-16-17(18(13)22)14-5-3-4-6-15(14)20(16)2/h3-4,8-9,12-14H,5-7,10-11H2,1-2H3,(H,19,23);3-6,9-10,13H,7-8,11H2,1-2H3/t12-,13+,14-;. The van der Waals surface area contributed by atoms with Gasteiger partial charge in [-0.25, -0.2) is 4.98 Å². The Balaban J connectivity index is 0.000000145. The molecule has 4 atom stereocenters. The predicted octanol–water partition coefficient (Wildman–Crippen LogP) is 5.45. The van der Waals surface area contributed by atoms with Gasteiger partial charge in [-0.1, -0.05) is 42.8 Å². The zero-order valence-electron chi connectivity index (χ0n) is 26.7. The molecule has 0 spiro atoms. The summed E-state index contributed by atoms with van der Waals surface area (Å²) in [6.07, 6.45) is 11.6. The minimum absolute atomic E-state index is 0.0329. The number of imidazole rings is 1. The number of carbonyl (C=O) groups is 2. The number of nitrogens with zero attached hydrogens (tertiary/aromatic N) is 6. The van der Waals surface area contributed by atoms with Crippen molar-refractivity contribution in [3.05, 3.63) is 83.7 Å². The highest BCUT2D eigenvalue weighted by Gasteiger charge is 2.37. The lowest BCUT2D eigenvalue weighted by Crippen LogP contribution is -2.55. The van der Waals surface area contributed by atoms with E-state index >= 15 is 0 Å². The van der Waals surface area contributed by atoms with Gasteiger partial charge in [-0.3, -0.25) is 14.3 Å². The molecule has 3 aliphatic rings. The Labute approximate surface area is 264 Å². The van der Waals surface area contributed by atoms with Crippen molar-refractivity contribution < 1.29 is 9.59 Å². The maximum absolute atomic E-state index is 13.0. The number of aromatic nitrogens is 5. The molecule has 1 aliphatic carbocycles. The molecule has 2 bridgehead atoms. The number of Topliss-reactive ketones (excluding diaryl/α,β-unsaturated/α-hetero) is 1. The first kappa shape index (κ1) is 29.5. The molecule has 9 nitrogen and oxygen atoms in total. The summed E-state index contributed by atoms with van der Waals surface area (Å²) in [5.74, 6) is 1.27. The lowest BCUT2D eigenvalue weighted by Gasteiger charge is -2.47. The zero-order valence-corrected chi connectivity index (χ0v) is 26.7. The average molecular weight is 606 g/mol. The smallest absolute Gasteiger partial charge is 0.272 e. The maximum Gasteiger partial charge on any atom is 0.272 e. The molecule has 1 amide bonds. The molecule has 2 saturated heterocycles. The zero-order chi connectivity index (χ0) is 31.2. The first-order valence-electron chi connectivity index (χ1n) is 16.3. The minimum Gasteiger partial charge on any atom is -0.348 e. The van der Waals surface area contributed by atoms with Crippen LogP contribution in [0, 0.1) is 12.8 Å². The number of para-hydroxylation sites is 2. The number of hydrogen-bond acceptors (Lipinski definition) is 5. The van der Waals surface area contributed by atoms with Crippen LogP contribution in [0.1, 0.15) is 70.9 Å². The Morgan fingerprint density at radius 3 is 2.33 bits per heavy atom. The van der Waals surface area contributed by atoms with Gasteiger partial charge in [-0.05, 0) is 64.6 Å².